The molecule has 2 unspecified atom stereocenters. The lowest BCUT2D eigenvalue weighted by Crippen LogP contribution is -2.09. The standard InChI is InChI=1S/C14H12ClN5/c15-12-7-13(20-14(19-12)16-8-17-20)18-11-6-10(11)9-4-2-1-3-5-9/h1-5,7-8,10-11,18H,6H2. The summed E-state index contributed by atoms with van der Waals surface area (Å²) in [6.07, 6.45) is 2.59. The van der Waals surface area contributed by atoms with Crippen LogP contribution in [0.3, 0.4) is 0 Å². The summed E-state index contributed by atoms with van der Waals surface area (Å²) < 4.78 is 1.67. The van der Waals surface area contributed by atoms with Crippen molar-refractivity contribution in [3.63, 3.8) is 0 Å². The SMILES string of the molecule is Clc1cc(NC2CC2c2ccccc2)n2ncnc2n1. The van der Waals surface area contributed by atoms with Crippen LogP contribution in [0.5, 0.6) is 0 Å². The van der Waals surface area contributed by atoms with Gasteiger partial charge in [-0.15, -0.1) is 0 Å². The minimum Gasteiger partial charge on any atom is -0.366 e. The Hall–Kier alpha value is -2.14. The highest BCUT2D eigenvalue weighted by Crippen LogP contribution is 2.42. The van der Waals surface area contributed by atoms with Crippen LogP contribution in [0.1, 0.15) is 17.9 Å². The maximum absolute atomic E-state index is 6.01. The lowest BCUT2D eigenvalue weighted by atomic mass is 10.1. The largest absolute Gasteiger partial charge is 0.366 e. The molecule has 0 aliphatic heterocycles. The van der Waals surface area contributed by atoms with E-state index in [0.29, 0.717) is 22.9 Å². The number of aromatic nitrogens is 4. The molecule has 2 atom stereocenters. The quantitative estimate of drug-likeness (QED) is 0.752. The zero-order chi connectivity index (χ0) is 13.5. The summed E-state index contributed by atoms with van der Waals surface area (Å²) in [5, 5.41) is 8.05. The minimum absolute atomic E-state index is 0.406. The van der Waals surface area contributed by atoms with E-state index in [1.165, 1.54) is 11.9 Å². The van der Waals surface area contributed by atoms with Crippen molar-refractivity contribution in [2.75, 3.05) is 5.32 Å². The van der Waals surface area contributed by atoms with Gasteiger partial charge in [0.1, 0.15) is 17.3 Å². The van der Waals surface area contributed by atoms with E-state index in [9.17, 15) is 0 Å². The fraction of sp³-hybridized carbons (Fsp3) is 0.214. The third-order valence-corrected chi connectivity index (χ3v) is 3.77. The zero-order valence-corrected chi connectivity index (χ0v) is 11.3. The monoisotopic (exact) mass is 285 g/mol. The summed E-state index contributed by atoms with van der Waals surface area (Å²) in [6, 6.07) is 12.7. The average molecular weight is 286 g/mol. The molecule has 3 aromatic rings. The summed E-state index contributed by atoms with van der Waals surface area (Å²) in [4.78, 5) is 8.18. The first kappa shape index (κ1) is 11.7. The van der Waals surface area contributed by atoms with Crippen LogP contribution < -0.4 is 5.32 Å². The van der Waals surface area contributed by atoms with Crippen molar-refractivity contribution in [3.8, 4) is 0 Å². The molecule has 6 heteroatoms. The number of nitrogens with zero attached hydrogens (tertiary/aromatic N) is 4. The Balaban J connectivity index is 1.59. The molecule has 0 spiro atoms. The molecule has 4 rings (SSSR count). The van der Waals surface area contributed by atoms with E-state index in [2.05, 4.69) is 44.6 Å². The lowest BCUT2D eigenvalue weighted by molar-refractivity contribution is 0.916. The van der Waals surface area contributed by atoms with Gasteiger partial charge >= 0.3 is 0 Å². The van der Waals surface area contributed by atoms with Gasteiger partial charge in [0.15, 0.2) is 0 Å². The second kappa shape index (κ2) is 4.45. The fourth-order valence-corrected chi connectivity index (χ4v) is 2.68. The first-order chi connectivity index (χ1) is 9.81. The molecule has 0 bridgehead atoms. The van der Waals surface area contributed by atoms with E-state index >= 15 is 0 Å². The number of nitrogens with one attached hydrogen (secondary N) is 1. The topological polar surface area (TPSA) is 55.1 Å². The van der Waals surface area contributed by atoms with Crippen LogP contribution in [0.4, 0.5) is 5.82 Å². The Bertz CT molecular complexity index is 755. The molecule has 0 radical (unpaired) electrons. The van der Waals surface area contributed by atoms with Crippen LogP contribution in [-0.2, 0) is 0 Å². The van der Waals surface area contributed by atoms with Gasteiger partial charge in [-0.05, 0) is 12.0 Å². The van der Waals surface area contributed by atoms with Crippen LogP contribution in [0.15, 0.2) is 42.7 Å². The van der Waals surface area contributed by atoms with Crippen molar-refractivity contribution in [3.05, 3.63) is 53.4 Å². The fourth-order valence-electron chi connectivity index (χ4n) is 2.50. The maximum atomic E-state index is 6.01. The number of fused-ring (bicyclic) bond motifs is 1. The van der Waals surface area contributed by atoms with E-state index in [1.807, 2.05) is 6.07 Å². The van der Waals surface area contributed by atoms with Gasteiger partial charge in [0.25, 0.3) is 5.78 Å². The van der Waals surface area contributed by atoms with Crippen molar-refractivity contribution < 1.29 is 0 Å². The van der Waals surface area contributed by atoms with E-state index in [1.54, 1.807) is 10.6 Å². The van der Waals surface area contributed by atoms with E-state index in [-0.39, 0.29) is 0 Å². The van der Waals surface area contributed by atoms with Gasteiger partial charge in [-0.2, -0.15) is 19.6 Å². The van der Waals surface area contributed by atoms with Crippen LogP contribution >= 0.6 is 11.6 Å². The van der Waals surface area contributed by atoms with Crippen molar-refractivity contribution in [2.45, 2.75) is 18.4 Å². The molecule has 1 aliphatic carbocycles. The number of benzene rings is 1. The molecule has 20 heavy (non-hydrogen) atoms. The Kier molecular flexibility index (Phi) is 2.60. The zero-order valence-electron chi connectivity index (χ0n) is 10.6. The summed E-state index contributed by atoms with van der Waals surface area (Å²) in [6.45, 7) is 0. The Morgan fingerprint density at radius 3 is 2.95 bits per heavy atom. The first-order valence-corrected chi connectivity index (χ1v) is 6.87. The third-order valence-electron chi connectivity index (χ3n) is 3.57. The summed E-state index contributed by atoms with van der Waals surface area (Å²) in [7, 11) is 0. The van der Waals surface area contributed by atoms with E-state index in [0.717, 1.165) is 12.2 Å². The van der Waals surface area contributed by atoms with Gasteiger partial charge in [0.2, 0.25) is 0 Å². The number of halogens is 1. The summed E-state index contributed by atoms with van der Waals surface area (Å²) >= 11 is 6.01. The van der Waals surface area contributed by atoms with Gasteiger partial charge in [-0.1, -0.05) is 41.9 Å². The van der Waals surface area contributed by atoms with Gasteiger partial charge in [0, 0.05) is 18.0 Å². The maximum Gasteiger partial charge on any atom is 0.255 e. The number of rotatable bonds is 3. The third kappa shape index (κ3) is 2.00. The normalized spacial score (nSPS) is 21.1. The molecule has 1 aromatic carbocycles. The second-order valence-electron chi connectivity index (χ2n) is 4.94. The van der Waals surface area contributed by atoms with Crippen molar-refractivity contribution >= 4 is 23.2 Å². The predicted molar refractivity (Wildman–Crippen MR) is 77.0 cm³/mol. The smallest absolute Gasteiger partial charge is 0.255 e. The molecule has 1 fully saturated rings. The molecule has 1 aliphatic rings. The Labute approximate surface area is 120 Å². The van der Waals surface area contributed by atoms with E-state index < -0.39 is 0 Å². The average Bonchev–Trinajstić information content (AvgIpc) is 3.06. The Morgan fingerprint density at radius 1 is 1.25 bits per heavy atom. The molecule has 5 nitrogen and oxygen atoms in total. The van der Waals surface area contributed by atoms with Crippen molar-refractivity contribution in [1.82, 2.24) is 19.6 Å². The van der Waals surface area contributed by atoms with Crippen LogP contribution in [-0.4, -0.2) is 25.6 Å². The highest BCUT2D eigenvalue weighted by molar-refractivity contribution is 6.29. The van der Waals surface area contributed by atoms with Crippen LogP contribution in [0.2, 0.25) is 5.15 Å². The molecular formula is C14H12ClN5. The molecule has 1 saturated carbocycles. The second-order valence-corrected chi connectivity index (χ2v) is 5.33. The molecule has 2 aromatic heterocycles. The lowest BCUT2D eigenvalue weighted by Gasteiger charge is -2.08. The van der Waals surface area contributed by atoms with E-state index in [4.69, 9.17) is 11.6 Å². The van der Waals surface area contributed by atoms with Gasteiger partial charge in [0.05, 0.1) is 0 Å². The van der Waals surface area contributed by atoms with Gasteiger partial charge in [-0.25, -0.2) is 0 Å². The molecular weight excluding hydrogens is 274 g/mol. The highest BCUT2D eigenvalue weighted by Gasteiger charge is 2.38. The number of anilines is 1. The van der Waals surface area contributed by atoms with Crippen molar-refractivity contribution in [1.29, 1.82) is 0 Å². The molecule has 100 valence electrons. The summed E-state index contributed by atoms with van der Waals surface area (Å²) in [5.74, 6) is 1.89. The van der Waals surface area contributed by atoms with Gasteiger partial charge < -0.3 is 5.32 Å². The molecule has 0 saturated heterocycles. The minimum atomic E-state index is 0.406. The van der Waals surface area contributed by atoms with Crippen LogP contribution in [0, 0.1) is 0 Å². The summed E-state index contributed by atoms with van der Waals surface area (Å²) in [5.41, 5.74) is 1.36. The first-order valence-electron chi connectivity index (χ1n) is 6.49. The number of hydrogen-bond acceptors (Lipinski definition) is 4. The van der Waals surface area contributed by atoms with Crippen LogP contribution in [0.25, 0.3) is 5.78 Å². The number of hydrogen-bond donors (Lipinski definition) is 1. The highest BCUT2D eigenvalue weighted by atomic mass is 35.5. The predicted octanol–water partition coefficient (Wildman–Crippen LogP) is 2.75. The Morgan fingerprint density at radius 2 is 2.10 bits per heavy atom. The molecule has 2 heterocycles. The molecule has 1 N–H and O–H groups in total. The van der Waals surface area contributed by atoms with Gasteiger partial charge in [-0.3, -0.25) is 0 Å². The van der Waals surface area contributed by atoms with Crippen molar-refractivity contribution in [2.24, 2.45) is 0 Å². The molecule has 0 amide bonds.